The third kappa shape index (κ3) is 2.76. The van der Waals surface area contributed by atoms with Crippen molar-refractivity contribution in [2.75, 3.05) is 0 Å². The van der Waals surface area contributed by atoms with E-state index in [0.717, 1.165) is 33.4 Å². The monoisotopic (exact) mass is 316 g/mol. The molecular weight excluding hydrogens is 296 g/mol. The smallest absolute Gasteiger partial charge is 0.233 e. The average molecular weight is 316 g/mol. The Balaban J connectivity index is 2.20. The summed E-state index contributed by atoms with van der Waals surface area (Å²) in [6.45, 7) is 8.09. The molecule has 120 valence electrons. The summed E-state index contributed by atoms with van der Waals surface area (Å²) in [5.74, 6) is -0.888. The lowest BCUT2D eigenvalue weighted by Crippen LogP contribution is -2.18. The van der Waals surface area contributed by atoms with Crippen molar-refractivity contribution >= 4 is 22.7 Å². The highest BCUT2D eigenvalue weighted by Crippen LogP contribution is 2.32. The van der Waals surface area contributed by atoms with Crippen LogP contribution < -0.4 is 0 Å². The molecule has 0 atom stereocenters. The fourth-order valence-electron chi connectivity index (χ4n) is 3.46. The average Bonchev–Trinajstić information content (AvgIpc) is 2.50. The van der Waals surface area contributed by atoms with Gasteiger partial charge in [0.15, 0.2) is 0 Å². The molecule has 0 saturated carbocycles. The van der Waals surface area contributed by atoms with Crippen LogP contribution in [0.4, 0.5) is 0 Å². The lowest BCUT2D eigenvalue weighted by atomic mass is 9.84. The molecule has 0 N–H and O–H groups in total. The molecule has 0 heterocycles. The third-order valence-electron chi connectivity index (χ3n) is 4.46. The van der Waals surface area contributed by atoms with E-state index in [1.807, 2.05) is 51.1 Å². The number of ketones is 2. The maximum Gasteiger partial charge on any atom is 0.233 e. The molecule has 0 bridgehead atoms. The van der Waals surface area contributed by atoms with Gasteiger partial charge in [-0.05, 0) is 73.2 Å². The van der Waals surface area contributed by atoms with Crippen molar-refractivity contribution in [3.8, 4) is 0 Å². The molecule has 0 spiro atoms. The molecule has 2 heteroatoms. The standard InChI is InChI=1S/C22H20O2/c1-13-9-15(3)21(16(4)10-13)17-11-19(22(24)20(23)12-17)18-8-6-5-7-14(18)2/h5-12H,1-4H3. The minimum absolute atomic E-state index is 0.435. The lowest BCUT2D eigenvalue weighted by Gasteiger charge is -2.18. The molecule has 1 aliphatic carbocycles. The first-order chi connectivity index (χ1) is 11.4. The maximum atomic E-state index is 12.4. The summed E-state index contributed by atoms with van der Waals surface area (Å²) in [7, 11) is 0. The van der Waals surface area contributed by atoms with Gasteiger partial charge in [0.2, 0.25) is 11.6 Å². The van der Waals surface area contributed by atoms with Gasteiger partial charge in [-0.3, -0.25) is 9.59 Å². The van der Waals surface area contributed by atoms with E-state index in [0.29, 0.717) is 5.57 Å². The van der Waals surface area contributed by atoms with Crippen LogP contribution >= 0.6 is 0 Å². The highest BCUT2D eigenvalue weighted by atomic mass is 16.2. The van der Waals surface area contributed by atoms with Gasteiger partial charge >= 0.3 is 0 Å². The van der Waals surface area contributed by atoms with Crippen LogP contribution in [0.25, 0.3) is 11.1 Å². The van der Waals surface area contributed by atoms with Crippen LogP contribution in [0.2, 0.25) is 0 Å². The Morgan fingerprint density at radius 1 is 0.750 bits per heavy atom. The van der Waals surface area contributed by atoms with Crippen molar-refractivity contribution in [1.29, 1.82) is 0 Å². The van der Waals surface area contributed by atoms with Crippen molar-refractivity contribution in [2.24, 2.45) is 0 Å². The largest absolute Gasteiger partial charge is 0.286 e. The predicted octanol–water partition coefficient (Wildman–Crippen LogP) is 4.54. The Hall–Kier alpha value is -2.74. The van der Waals surface area contributed by atoms with Gasteiger partial charge in [-0.25, -0.2) is 0 Å². The second-order valence-electron chi connectivity index (χ2n) is 6.44. The van der Waals surface area contributed by atoms with Gasteiger partial charge in [-0.1, -0.05) is 42.0 Å². The number of allylic oxidation sites excluding steroid dienone is 4. The van der Waals surface area contributed by atoms with Crippen molar-refractivity contribution in [3.05, 3.63) is 81.9 Å². The molecule has 0 radical (unpaired) electrons. The first-order valence-corrected chi connectivity index (χ1v) is 8.04. The maximum absolute atomic E-state index is 12.4. The second-order valence-corrected chi connectivity index (χ2v) is 6.44. The van der Waals surface area contributed by atoms with Gasteiger partial charge in [0, 0.05) is 5.57 Å². The number of rotatable bonds is 2. The minimum atomic E-state index is -0.454. The second kappa shape index (κ2) is 6.04. The summed E-state index contributed by atoms with van der Waals surface area (Å²) in [5.41, 5.74) is 7.56. The van der Waals surface area contributed by atoms with Crippen LogP contribution in [-0.4, -0.2) is 11.6 Å². The molecule has 0 unspecified atom stereocenters. The Kier molecular flexibility index (Phi) is 4.06. The molecular formula is C22H20O2. The van der Waals surface area contributed by atoms with Crippen molar-refractivity contribution in [2.45, 2.75) is 27.7 Å². The van der Waals surface area contributed by atoms with Gasteiger partial charge in [-0.2, -0.15) is 0 Å². The first kappa shape index (κ1) is 16.1. The fourth-order valence-corrected chi connectivity index (χ4v) is 3.46. The van der Waals surface area contributed by atoms with Gasteiger partial charge < -0.3 is 0 Å². The lowest BCUT2D eigenvalue weighted by molar-refractivity contribution is -0.130. The molecule has 0 amide bonds. The van der Waals surface area contributed by atoms with E-state index in [4.69, 9.17) is 0 Å². The van der Waals surface area contributed by atoms with Crippen LogP contribution in [0.5, 0.6) is 0 Å². The third-order valence-corrected chi connectivity index (χ3v) is 4.46. The topological polar surface area (TPSA) is 34.1 Å². The molecule has 2 aromatic carbocycles. The number of aryl methyl sites for hydroxylation is 4. The number of hydrogen-bond acceptors (Lipinski definition) is 2. The Morgan fingerprint density at radius 2 is 1.38 bits per heavy atom. The normalized spacial score (nSPS) is 14.5. The number of carbonyl (C=O) groups excluding carboxylic acids is 2. The quantitative estimate of drug-likeness (QED) is 0.602. The van der Waals surface area contributed by atoms with Gasteiger partial charge in [0.05, 0.1) is 0 Å². The fraction of sp³-hybridized carbons (Fsp3) is 0.182. The van der Waals surface area contributed by atoms with E-state index >= 15 is 0 Å². The Bertz CT molecular complexity index is 904. The SMILES string of the molecule is Cc1cc(C)c(C2=CC(=O)C(=O)C(c3ccccc3C)=C2)c(C)c1. The molecule has 1 aliphatic rings. The molecule has 3 rings (SSSR count). The van der Waals surface area contributed by atoms with Crippen LogP contribution in [0.3, 0.4) is 0 Å². The molecule has 2 nitrogen and oxygen atoms in total. The highest BCUT2D eigenvalue weighted by molar-refractivity contribution is 6.59. The molecule has 0 aromatic heterocycles. The number of hydrogen-bond donors (Lipinski definition) is 0. The highest BCUT2D eigenvalue weighted by Gasteiger charge is 2.26. The summed E-state index contributed by atoms with van der Waals surface area (Å²) in [6, 6.07) is 11.9. The molecule has 2 aromatic rings. The van der Waals surface area contributed by atoms with Crippen LogP contribution in [-0.2, 0) is 9.59 Å². The van der Waals surface area contributed by atoms with Gasteiger partial charge in [0.25, 0.3) is 0 Å². The number of Topliss-reactive ketones (excluding diaryl/α,β-unsaturated/α-hetero) is 1. The van der Waals surface area contributed by atoms with E-state index in [1.165, 1.54) is 11.6 Å². The summed E-state index contributed by atoms with van der Waals surface area (Å²) in [5, 5.41) is 0. The van der Waals surface area contributed by atoms with E-state index < -0.39 is 11.6 Å². The van der Waals surface area contributed by atoms with Crippen LogP contribution in [0, 0.1) is 27.7 Å². The number of benzene rings is 2. The molecule has 24 heavy (non-hydrogen) atoms. The van der Waals surface area contributed by atoms with Crippen LogP contribution in [0.1, 0.15) is 33.4 Å². The zero-order chi connectivity index (χ0) is 17.4. The Morgan fingerprint density at radius 3 is 2.00 bits per heavy atom. The molecule has 0 aliphatic heterocycles. The molecule has 0 saturated heterocycles. The van der Waals surface area contributed by atoms with Crippen molar-refractivity contribution in [1.82, 2.24) is 0 Å². The molecule has 0 fully saturated rings. The minimum Gasteiger partial charge on any atom is -0.286 e. The zero-order valence-corrected chi connectivity index (χ0v) is 14.4. The van der Waals surface area contributed by atoms with Crippen LogP contribution in [0.15, 0.2) is 48.6 Å². The van der Waals surface area contributed by atoms with E-state index in [-0.39, 0.29) is 0 Å². The predicted molar refractivity (Wildman–Crippen MR) is 97.8 cm³/mol. The summed E-state index contributed by atoms with van der Waals surface area (Å²) < 4.78 is 0. The Labute approximate surface area is 142 Å². The zero-order valence-electron chi connectivity index (χ0n) is 14.4. The summed E-state index contributed by atoms with van der Waals surface area (Å²) in [6.07, 6.45) is 3.32. The van der Waals surface area contributed by atoms with Crippen molar-refractivity contribution in [3.63, 3.8) is 0 Å². The number of carbonyl (C=O) groups is 2. The first-order valence-electron chi connectivity index (χ1n) is 8.04. The van der Waals surface area contributed by atoms with Crippen molar-refractivity contribution < 1.29 is 9.59 Å². The van der Waals surface area contributed by atoms with Gasteiger partial charge in [-0.15, -0.1) is 0 Å². The van der Waals surface area contributed by atoms with E-state index in [2.05, 4.69) is 19.1 Å². The van der Waals surface area contributed by atoms with E-state index in [9.17, 15) is 9.59 Å². The summed E-state index contributed by atoms with van der Waals surface area (Å²) in [4.78, 5) is 24.7. The van der Waals surface area contributed by atoms with E-state index in [1.54, 1.807) is 0 Å². The van der Waals surface area contributed by atoms with Gasteiger partial charge in [0.1, 0.15) is 0 Å². The summed E-state index contributed by atoms with van der Waals surface area (Å²) >= 11 is 0.